The van der Waals surface area contributed by atoms with Crippen LogP contribution in [0, 0.1) is 5.92 Å². The smallest absolute Gasteiger partial charge is 0.00122 e. The Labute approximate surface area is 173 Å². The van der Waals surface area contributed by atoms with Crippen LogP contribution >= 0.6 is 0 Å². The Kier molecular flexibility index (Phi) is 5.36. The molecular formula is C29H28. The minimum absolute atomic E-state index is 0.450. The van der Waals surface area contributed by atoms with E-state index in [1.165, 1.54) is 49.0 Å². The molecule has 0 aliphatic heterocycles. The van der Waals surface area contributed by atoms with Crippen molar-refractivity contribution in [2.75, 3.05) is 0 Å². The van der Waals surface area contributed by atoms with Crippen molar-refractivity contribution in [3.63, 3.8) is 0 Å². The van der Waals surface area contributed by atoms with Crippen molar-refractivity contribution in [3.8, 4) is 0 Å². The van der Waals surface area contributed by atoms with Gasteiger partial charge < -0.3 is 0 Å². The summed E-state index contributed by atoms with van der Waals surface area (Å²) in [4.78, 5) is 0. The fourth-order valence-corrected chi connectivity index (χ4v) is 4.35. The Balaban J connectivity index is 0.000000994. The van der Waals surface area contributed by atoms with E-state index in [0.717, 1.165) is 6.42 Å². The molecule has 0 saturated heterocycles. The Morgan fingerprint density at radius 1 is 0.828 bits per heavy atom. The molecule has 5 rings (SSSR count). The van der Waals surface area contributed by atoms with Gasteiger partial charge in [0.2, 0.25) is 0 Å². The van der Waals surface area contributed by atoms with Crippen molar-refractivity contribution < 1.29 is 0 Å². The van der Waals surface area contributed by atoms with Crippen molar-refractivity contribution in [3.05, 3.63) is 96.1 Å². The summed E-state index contributed by atoms with van der Waals surface area (Å²) < 4.78 is 0. The number of hydrogen-bond donors (Lipinski definition) is 0. The van der Waals surface area contributed by atoms with Crippen molar-refractivity contribution in [2.24, 2.45) is 5.92 Å². The number of benzene rings is 4. The van der Waals surface area contributed by atoms with Crippen LogP contribution in [0.15, 0.2) is 79.4 Å². The predicted octanol–water partition coefficient (Wildman–Crippen LogP) is 8.58. The zero-order valence-electron chi connectivity index (χ0n) is 17.6. The summed E-state index contributed by atoms with van der Waals surface area (Å²) in [6, 6.07) is 20.5. The molecule has 1 aliphatic carbocycles. The molecule has 0 spiro atoms. The Morgan fingerprint density at radius 3 is 2.41 bits per heavy atom. The highest BCUT2D eigenvalue weighted by molar-refractivity contribution is 6.14. The first-order valence-electron chi connectivity index (χ1n) is 10.6. The summed E-state index contributed by atoms with van der Waals surface area (Å²) in [6.07, 6.45) is 11.9. The average Bonchev–Trinajstić information content (AvgIpc) is 2.78. The van der Waals surface area contributed by atoms with Gasteiger partial charge in [0.25, 0.3) is 0 Å². The monoisotopic (exact) mass is 376 g/mol. The summed E-state index contributed by atoms with van der Waals surface area (Å²) in [5, 5.41) is 7.92. The molecule has 0 aromatic heterocycles. The zero-order chi connectivity index (χ0) is 20.4. The molecule has 29 heavy (non-hydrogen) atoms. The second-order valence-corrected chi connectivity index (χ2v) is 7.44. The van der Waals surface area contributed by atoms with Crippen molar-refractivity contribution in [1.82, 2.24) is 0 Å². The van der Waals surface area contributed by atoms with E-state index in [1.807, 2.05) is 19.9 Å². The van der Waals surface area contributed by atoms with Crippen LogP contribution in [0.5, 0.6) is 0 Å². The Morgan fingerprint density at radius 2 is 1.62 bits per heavy atom. The Bertz CT molecular complexity index is 1270. The third-order valence-corrected chi connectivity index (χ3v) is 5.76. The van der Waals surface area contributed by atoms with E-state index in [9.17, 15) is 0 Å². The molecule has 0 heteroatoms. The lowest BCUT2D eigenvalue weighted by Crippen LogP contribution is -2.04. The van der Waals surface area contributed by atoms with E-state index in [2.05, 4.69) is 92.4 Å². The highest BCUT2D eigenvalue weighted by atomic mass is 14.2. The van der Waals surface area contributed by atoms with Gasteiger partial charge in [-0.15, -0.1) is 6.58 Å². The lowest BCUT2D eigenvalue weighted by atomic mass is 9.85. The lowest BCUT2D eigenvalue weighted by Gasteiger charge is -2.19. The molecule has 4 aromatic carbocycles. The van der Waals surface area contributed by atoms with Gasteiger partial charge in [-0.2, -0.15) is 0 Å². The fraction of sp³-hybridized carbons (Fsp3) is 0.172. The quantitative estimate of drug-likeness (QED) is 0.187. The van der Waals surface area contributed by atoms with Crippen molar-refractivity contribution >= 4 is 44.5 Å². The molecule has 0 heterocycles. The van der Waals surface area contributed by atoms with Gasteiger partial charge in [0.1, 0.15) is 0 Å². The highest BCUT2D eigenvalue weighted by Crippen LogP contribution is 2.35. The minimum Gasteiger partial charge on any atom is -0.102 e. The molecule has 0 radical (unpaired) electrons. The molecule has 0 amide bonds. The van der Waals surface area contributed by atoms with Crippen LogP contribution < -0.4 is 0 Å². The maximum atomic E-state index is 3.95. The number of hydrogen-bond acceptors (Lipinski definition) is 0. The molecule has 4 aromatic rings. The van der Waals surface area contributed by atoms with Gasteiger partial charge in [0.15, 0.2) is 0 Å². The van der Waals surface area contributed by atoms with Crippen LogP contribution in [0.4, 0.5) is 0 Å². The summed E-state index contributed by atoms with van der Waals surface area (Å²) in [7, 11) is 0. The van der Waals surface area contributed by atoms with Gasteiger partial charge in [-0.05, 0) is 86.5 Å². The SMILES string of the molecule is C=CC1C=Cc2c(ccc3c2ccc2cc4cc(/C=C/C)ccc4cc23)C1.CC. The van der Waals surface area contributed by atoms with Gasteiger partial charge in [0.05, 0.1) is 0 Å². The van der Waals surface area contributed by atoms with E-state index in [0.29, 0.717) is 5.92 Å². The molecule has 1 atom stereocenters. The second-order valence-electron chi connectivity index (χ2n) is 7.44. The zero-order valence-corrected chi connectivity index (χ0v) is 17.6. The van der Waals surface area contributed by atoms with Crippen LogP contribution in [0.3, 0.4) is 0 Å². The van der Waals surface area contributed by atoms with Crippen LogP contribution in [-0.2, 0) is 6.42 Å². The largest absolute Gasteiger partial charge is 0.102 e. The Hall–Kier alpha value is -3.12. The van der Waals surface area contributed by atoms with E-state index in [1.54, 1.807) is 0 Å². The molecule has 0 N–H and O–H groups in total. The van der Waals surface area contributed by atoms with Crippen molar-refractivity contribution in [2.45, 2.75) is 27.2 Å². The predicted molar refractivity (Wildman–Crippen MR) is 131 cm³/mol. The van der Waals surface area contributed by atoms with Gasteiger partial charge in [-0.25, -0.2) is 0 Å². The third kappa shape index (κ3) is 3.40. The fourth-order valence-electron chi connectivity index (χ4n) is 4.35. The number of fused-ring (bicyclic) bond motifs is 6. The van der Waals surface area contributed by atoms with E-state index >= 15 is 0 Å². The first-order chi connectivity index (χ1) is 14.3. The third-order valence-electron chi connectivity index (χ3n) is 5.76. The van der Waals surface area contributed by atoms with E-state index in [4.69, 9.17) is 0 Å². The number of allylic oxidation sites excluding steroid dienone is 3. The first kappa shape index (κ1) is 19.2. The topological polar surface area (TPSA) is 0 Å². The standard InChI is InChI=1S/C27H22.C2H6/c1-3-5-19-6-8-20-17-27-22(16-23(20)15-19)10-12-25-24-11-7-18(4-2)14-21(24)9-13-26(25)27;1-2/h3-13,15-18H,2,14H2,1H3;1-2H3/b5-3+;. The van der Waals surface area contributed by atoms with Gasteiger partial charge in [0, 0.05) is 0 Å². The molecule has 144 valence electrons. The van der Waals surface area contributed by atoms with Crippen LogP contribution in [0.1, 0.15) is 37.5 Å². The van der Waals surface area contributed by atoms with E-state index in [-0.39, 0.29) is 0 Å². The first-order valence-corrected chi connectivity index (χ1v) is 10.6. The van der Waals surface area contributed by atoms with E-state index < -0.39 is 0 Å². The summed E-state index contributed by atoms with van der Waals surface area (Å²) in [6.45, 7) is 10.0. The summed E-state index contributed by atoms with van der Waals surface area (Å²) in [5.74, 6) is 0.450. The summed E-state index contributed by atoms with van der Waals surface area (Å²) in [5.41, 5.74) is 4.04. The molecular weight excluding hydrogens is 348 g/mol. The molecule has 0 bridgehead atoms. The van der Waals surface area contributed by atoms with Crippen LogP contribution in [-0.4, -0.2) is 0 Å². The minimum atomic E-state index is 0.450. The lowest BCUT2D eigenvalue weighted by molar-refractivity contribution is 0.800. The normalized spacial score (nSPS) is 15.5. The molecule has 1 unspecified atom stereocenters. The second kappa shape index (κ2) is 8.09. The average molecular weight is 377 g/mol. The maximum Gasteiger partial charge on any atom is -0.00122 e. The number of rotatable bonds is 2. The molecule has 0 fully saturated rings. The van der Waals surface area contributed by atoms with Crippen LogP contribution in [0.25, 0.3) is 44.5 Å². The molecule has 1 aliphatic rings. The highest BCUT2D eigenvalue weighted by Gasteiger charge is 2.14. The maximum absolute atomic E-state index is 3.95. The van der Waals surface area contributed by atoms with Gasteiger partial charge >= 0.3 is 0 Å². The van der Waals surface area contributed by atoms with Gasteiger partial charge in [-0.3, -0.25) is 0 Å². The molecule has 0 nitrogen and oxygen atoms in total. The van der Waals surface area contributed by atoms with Crippen molar-refractivity contribution in [1.29, 1.82) is 0 Å². The summed E-state index contributed by atoms with van der Waals surface area (Å²) >= 11 is 0. The van der Waals surface area contributed by atoms with Gasteiger partial charge in [-0.1, -0.05) is 80.6 Å². The molecule has 0 saturated carbocycles. The van der Waals surface area contributed by atoms with Crippen LogP contribution in [0.2, 0.25) is 0 Å².